The fraction of sp³-hybridized carbons (Fsp3) is 0.259. The number of esters is 1. The number of alkyl carbamates (subject to hydrolysis) is 1. The maximum atomic E-state index is 12.3. The van der Waals surface area contributed by atoms with Crippen molar-refractivity contribution in [2.24, 2.45) is 0 Å². The van der Waals surface area contributed by atoms with Gasteiger partial charge in [-0.25, -0.2) is 9.59 Å². The van der Waals surface area contributed by atoms with E-state index in [2.05, 4.69) is 5.32 Å². The van der Waals surface area contributed by atoms with Gasteiger partial charge in [0.05, 0.1) is 13.2 Å². The third kappa shape index (κ3) is 7.35. The average Bonchev–Trinajstić information content (AvgIpc) is 2.87. The molecule has 0 fully saturated rings. The Hall–Kier alpha value is -3.84. The molecule has 0 aliphatic rings. The molecule has 0 radical (unpaired) electrons. The fourth-order valence-corrected chi connectivity index (χ4v) is 3.40. The molecule has 2 N–H and O–H groups in total. The van der Waals surface area contributed by atoms with Crippen LogP contribution in [0.1, 0.15) is 35.3 Å². The standard InChI is InChI=1S/C27H29NO6/c1-19(29)23-15-22(13-14-25(23)33-17-20-9-5-3-6-10-20)16-24(26(30)32-2)28-27(31)34-18-21-11-7-4-8-12-21/h3-15,19,24,29H,16-18H2,1-2H3,(H,28,31)/t19?,24-/m0/s1. The van der Waals surface area contributed by atoms with Crippen LogP contribution in [0.3, 0.4) is 0 Å². The van der Waals surface area contributed by atoms with Crippen molar-refractivity contribution in [3.05, 3.63) is 101 Å². The van der Waals surface area contributed by atoms with E-state index in [1.165, 1.54) is 7.11 Å². The molecule has 1 unspecified atom stereocenters. The van der Waals surface area contributed by atoms with Crippen molar-refractivity contribution in [2.45, 2.75) is 38.7 Å². The Kier molecular flexibility index (Phi) is 9.05. The van der Waals surface area contributed by atoms with Crippen molar-refractivity contribution in [3.63, 3.8) is 0 Å². The Morgan fingerprint density at radius 2 is 1.50 bits per heavy atom. The zero-order chi connectivity index (χ0) is 24.3. The molecular formula is C27H29NO6. The summed E-state index contributed by atoms with van der Waals surface area (Å²) in [6.45, 7) is 2.09. The second-order valence-corrected chi connectivity index (χ2v) is 7.81. The summed E-state index contributed by atoms with van der Waals surface area (Å²) < 4.78 is 16.0. The monoisotopic (exact) mass is 463 g/mol. The number of rotatable bonds is 10. The van der Waals surface area contributed by atoms with Gasteiger partial charge in [0.25, 0.3) is 0 Å². The Balaban J connectivity index is 1.67. The van der Waals surface area contributed by atoms with Crippen LogP contribution < -0.4 is 10.1 Å². The first kappa shape index (κ1) is 24.8. The molecule has 178 valence electrons. The van der Waals surface area contributed by atoms with Gasteiger partial charge in [0, 0.05) is 12.0 Å². The van der Waals surface area contributed by atoms with Crippen LogP contribution in [0.25, 0.3) is 0 Å². The number of methoxy groups -OCH3 is 1. The number of carbonyl (C=O) groups excluding carboxylic acids is 2. The third-order valence-corrected chi connectivity index (χ3v) is 5.19. The lowest BCUT2D eigenvalue weighted by Crippen LogP contribution is -2.43. The number of amides is 1. The van der Waals surface area contributed by atoms with Gasteiger partial charge in [-0.15, -0.1) is 0 Å². The summed E-state index contributed by atoms with van der Waals surface area (Å²) in [6.07, 6.45) is -1.35. The minimum absolute atomic E-state index is 0.0835. The quantitative estimate of drug-likeness (QED) is 0.435. The lowest BCUT2D eigenvalue weighted by Gasteiger charge is -2.19. The predicted octanol–water partition coefficient (Wildman–Crippen LogP) is 4.33. The van der Waals surface area contributed by atoms with Crippen LogP contribution in [0.2, 0.25) is 0 Å². The van der Waals surface area contributed by atoms with Gasteiger partial charge in [-0.3, -0.25) is 0 Å². The van der Waals surface area contributed by atoms with Gasteiger partial charge in [0.2, 0.25) is 0 Å². The Bertz CT molecular complexity index is 1070. The molecule has 3 aromatic rings. The molecule has 3 aromatic carbocycles. The molecule has 7 nitrogen and oxygen atoms in total. The van der Waals surface area contributed by atoms with Crippen LogP contribution in [-0.4, -0.2) is 30.3 Å². The van der Waals surface area contributed by atoms with Gasteiger partial charge in [0.1, 0.15) is 25.0 Å². The van der Waals surface area contributed by atoms with E-state index in [1.807, 2.05) is 60.7 Å². The topological polar surface area (TPSA) is 94.1 Å². The summed E-state index contributed by atoms with van der Waals surface area (Å²) in [7, 11) is 1.26. The molecule has 0 aromatic heterocycles. The minimum Gasteiger partial charge on any atom is -0.489 e. The number of aliphatic hydroxyl groups excluding tert-OH is 1. The van der Waals surface area contributed by atoms with Crippen LogP contribution in [-0.2, 0) is 33.9 Å². The molecule has 1 amide bonds. The molecule has 34 heavy (non-hydrogen) atoms. The highest BCUT2D eigenvalue weighted by Crippen LogP contribution is 2.28. The van der Waals surface area contributed by atoms with Crippen molar-refractivity contribution in [2.75, 3.05) is 7.11 Å². The van der Waals surface area contributed by atoms with Crippen molar-refractivity contribution < 1.29 is 28.9 Å². The number of nitrogens with one attached hydrogen (secondary N) is 1. The van der Waals surface area contributed by atoms with Crippen LogP contribution in [0.15, 0.2) is 78.9 Å². The van der Waals surface area contributed by atoms with Crippen molar-refractivity contribution in [1.82, 2.24) is 5.32 Å². The summed E-state index contributed by atoms with van der Waals surface area (Å²) in [6, 6.07) is 23.3. The summed E-state index contributed by atoms with van der Waals surface area (Å²) in [5.74, 6) is -0.0490. The Labute approximate surface area is 199 Å². The molecule has 7 heteroatoms. The predicted molar refractivity (Wildman–Crippen MR) is 127 cm³/mol. The number of benzene rings is 3. The van der Waals surface area contributed by atoms with E-state index in [1.54, 1.807) is 25.1 Å². The van der Waals surface area contributed by atoms with E-state index >= 15 is 0 Å². The molecule has 0 spiro atoms. The first-order valence-corrected chi connectivity index (χ1v) is 11.0. The molecule has 0 saturated carbocycles. The van der Waals surface area contributed by atoms with Gasteiger partial charge in [0.15, 0.2) is 0 Å². The Morgan fingerprint density at radius 3 is 2.09 bits per heavy atom. The zero-order valence-corrected chi connectivity index (χ0v) is 19.3. The van der Waals surface area contributed by atoms with E-state index in [-0.39, 0.29) is 13.0 Å². The van der Waals surface area contributed by atoms with E-state index in [0.29, 0.717) is 17.9 Å². The van der Waals surface area contributed by atoms with Crippen LogP contribution >= 0.6 is 0 Å². The molecule has 0 saturated heterocycles. The van der Waals surface area contributed by atoms with Crippen molar-refractivity contribution in [1.29, 1.82) is 0 Å². The summed E-state index contributed by atoms with van der Waals surface area (Å²) >= 11 is 0. The summed E-state index contributed by atoms with van der Waals surface area (Å²) in [5, 5.41) is 12.8. The lowest BCUT2D eigenvalue weighted by atomic mass is 10.0. The summed E-state index contributed by atoms with van der Waals surface area (Å²) in [4.78, 5) is 24.6. The highest BCUT2D eigenvalue weighted by Gasteiger charge is 2.24. The number of hydrogen-bond donors (Lipinski definition) is 2. The number of ether oxygens (including phenoxy) is 3. The zero-order valence-electron chi connectivity index (χ0n) is 19.3. The highest BCUT2D eigenvalue weighted by molar-refractivity contribution is 5.81. The maximum Gasteiger partial charge on any atom is 0.408 e. The number of aliphatic hydroxyl groups is 1. The first-order valence-electron chi connectivity index (χ1n) is 11.0. The van der Waals surface area contributed by atoms with Crippen LogP contribution in [0.4, 0.5) is 4.79 Å². The van der Waals surface area contributed by atoms with Gasteiger partial charge >= 0.3 is 12.1 Å². The largest absolute Gasteiger partial charge is 0.489 e. The third-order valence-electron chi connectivity index (χ3n) is 5.19. The number of hydrogen-bond acceptors (Lipinski definition) is 6. The fourth-order valence-electron chi connectivity index (χ4n) is 3.40. The lowest BCUT2D eigenvalue weighted by molar-refractivity contribution is -0.143. The van der Waals surface area contributed by atoms with Crippen LogP contribution in [0, 0.1) is 0 Å². The average molecular weight is 464 g/mol. The SMILES string of the molecule is COC(=O)[C@H](Cc1ccc(OCc2ccccc2)c(C(C)O)c1)NC(=O)OCc1ccccc1. The minimum atomic E-state index is -0.953. The van der Waals surface area contributed by atoms with Crippen molar-refractivity contribution in [3.8, 4) is 5.75 Å². The van der Waals surface area contributed by atoms with Crippen molar-refractivity contribution >= 4 is 12.1 Å². The second-order valence-electron chi connectivity index (χ2n) is 7.81. The maximum absolute atomic E-state index is 12.3. The second kappa shape index (κ2) is 12.4. The highest BCUT2D eigenvalue weighted by atomic mass is 16.6. The van der Waals surface area contributed by atoms with Gasteiger partial charge in [-0.05, 0) is 35.7 Å². The van der Waals surface area contributed by atoms with Gasteiger partial charge < -0.3 is 24.6 Å². The van der Waals surface area contributed by atoms with E-state index < -0.39 is 24.2 Å². The number of carbonyl (C=O) groups is 2. The summed E-state index contributed by atoms with van der Waals surface area (Å²) in [5.41, 5.74) is 3.15. The van der Waals surface area contributed by atoms with Gasteiger partial charge in [-0.1, -0.05) is 66.7 Å². The normalized spacial score (nSPS) is 12.3. The molecule has 3 rings (SSSR count). The molecular weight excluding hydrogens is 434 g/mol. The molecule has 0 heterocycles. The van der Waals surface area contributed by atoms with E-state index in [4.69, 9.17) is 14.2 Å². The molecule has 2 atom stereocenters. The molecule has 0 aliphatic heterocycles. The van der Waals surface area contributed by atoms with Crippen LogP contribution in [0.5, 0.6) is 5.75 Å². The molecule has 0 aliphatic carbocycles. The first-order chi connectivity index (χ1) is 16.5. The van der Waals surface area contributed by atoms with E-state index in [9.17, 15) is 14.7 Å². The Morgan fingerprint density at radius 1 is 0.882 bits per heavy atom. The van der Waals surface area contributed by atoms with E-state index in [0.717, 1.165) is 16.7 Å². The van der Waals surface area contributed by atoms with Gasteiger partial charge in [-0.2, -0.15) is 0 Å². The smallest absolute Gasteiger partial charge is 0.408 e. The molecule has 0 bridgehead atoms.